The smallest absolute Gasteiger partial charge is 0.179 e. The third-order valence-corrected chi connectivity index (χ3v) is 4.76. The normalized spacial score (nSPS) is 17.5. The van der Waals surface area contributed by atoms with E-state index in [9.17, 15) is 12.8 Å². The Balaban J connectivity index is 2.00. The molecule has 3 nitrogen and oxygen atoms in total. The minimum Gasteiger partial charge on any atom is -0.302 e. The van der Waals surface area contributed by atoms with E-state index in [1.165, 1.54) is 24.3 Å². The van der Waals surface area contributed by atoms with Crippen molar-refractivity contribution in [3.63, 3.8) is 0 Å². The minimum absolute atomic E-state index is 0.110. The molecule has 1 aliphatic rings. The summed E-state index contributed by atoms with van der Waals surface area (Å²) in [5.41, 5.74) is 0. The standard InChI is InChI=1S/C12H16FNO2S/c13-11-3-5-12(6-4-11)17(15,16)10-9-14-7-1-2-8-14/h3-6H,1-2,7-10H2. The SMILES string of the molecule is O=S(=O)(CCN1CCCC1)c1ccc(F)cc1. The minimum atomic E-state index is -3.27. The van der Waals surface area contributed by atoms with Crippen molar-refractivity contribution >= 4 is 9.84 Å². The Morgan fingerprint density at radius 1 is 1.12 bits per heavy atom. The average Bonchev–Trinajstić information content (AvgIpc) is 2.80. The number of likely N-dealkylation sites (tertiary alicyclic amines) is 1. The van der Waals surface area contributed by atoms with Gasteiger partial charge in [-0.05, 0) is 50.2 Å². The number of hydrogen-bond donors (Lipinski definition) is 0. The fourth-order valence-corrected chi connectivity index (χ4v) is 3.30. The zero-order chi connectivity index (χ0) is 12.3. The molecule has 0 amide bonds. The van der Waals surface area contributed by atoms with Gasteiger partial charge in [0.05, 0.1) is 10.6 Å². The lowest BCUT2D eigenvalue weighted by Crippen LogP contribution is -2.26. The van der Waals surface area contributed by atoms with Crippen LogP contribution in [0.25, 0.3) is 0 Å². The van der Waals surface area contributed by atoms with Crippen LogP contribution in [-0.4, -0.2) is 38.7 Å². The summed E-state index contributed by atoms with van der Waals surface area (Å²) in [4.78, 5) is 2.36. The first-order valence-electron chi connectivity index (χ1n) is 5.79. The van der Waals surface area contributed by atoms with E-state index in [4.69, 9.17) is 0 Å². The van der Waals surface area contributed by atoms with Crippen LogP contribution in [0.15, 0.2) is 29.2 Å². The van der Waals surface area contributed by atoms with Crippen LogP contribution < -0.4 is 0 Å². The number of rotatable bonds is 4. The highest BCUT2D eigenvalue weighted by Gasteiger charge is 2.18. The Kier molecular flexibility index (Phi) is 3.79. The lowest BCUT2D eigenvalue weighted by molar-refractivity contribution is 0.359. The van der Waals surface area contributed by atoms with E-state index in [0.717, 1.165) is 25.9 Å². The second-order valence-corrected chi connectivity index (χ2v) is 6.43. The Labute approximate surface area is 101 Å². The molecule has 0 spiro atoms. The molecule has 0 radical (unpaired) electrons. The van der Waals surface area contributed by atoms with Crippen molar-refractivity contribution in [3.8, 4) is 0 Å². The van der Waals surface area contributed by atoms with Crippen molar-refractivity contribution in [1.29, 1.82) is 0 Å². The van der Waals surface area contributed by atoms with E-state index in [0.29, 0.717) is 6.54 Å². The van der Waals surface area contributed by atoms with Crippen LogP contribution in [0.5, 0.6) is 0 Å². The van der Waals surface area contributed by atoms with Crippen LogP contribution in [0.1, 0.15) is 12.8 Å². The summed E-state index contributed by atoms with van der Waals surface area (Å²) >= 11 is 0. The first kappa shape index (κ1) is 12.5. The summed E-state index contributed by atoms with van der Waals surface area (Å²) in [6.45, 7) is 2.54. The van der Waals surface area contributed by atoms with Crippen molar-refractivity contribution in [2.24, 2.45) is 0 Å². The molecule has 0 bridgehead atoms. The fraction of sp³-hybridized carbons (Fsp3) is 0.500. The zero-order valence-corrected chi connectivity index (χ0v) is 10.4. The third kappa shape index (κ3) is 3.26. The predicted molar refractivity (Wildman–Crippen MR) is 64.1 cm³/mol. The molecule has 94 valence electrons. The van der Waals surface area contributed by atoms with E-state index in [1.807, 2.05) is 0 Å². The number of sulfone groups is 1. The molecule has 1 fully saturated rings. The molecule has 5 heteroatoms. The highest BCUT2D eigenvalue weighted by molar-refractivity contribution is 7.91. The Hall–Kier alpha value is -0.940. The summed E-state index contributed by atoms with van der Waals surface area (Å²) < 4.78 is 36.6. The van der Waals surface area contributed by atoms with Crippen molar-refractivity contribution in [2.75, 3.05) is 25.4 Å². The van der Waals surface area contributed by atoms with Crippen LogP contribution in [0.3, 0.4) is 0 Å². The zero-order valence-electron chi connectivity index (χ0n) is 9.60. The van der Waals surface area contributed by atoms with Gasteiger partial charge in [0.1, 0.15) is 5.82 Å². The van der Waals surface area contributed by atoms with Crippen molar-refractivity contribution in [3.05, 3.63) is 30.1 Å². The van der Waals surface area contributed by atoms with Gasteiger partial charge in [-0.2, -0.15) is 0 Å². The quantitative estimate of drug-likeness (QED) is 0.770. The molecule has 1 aliphatic heterocycles. The summed E-state index contributed by atoms with van der Waals surface area (Å²) in [5, 5.41) is 0. The van der Waals surface area contributed by atoms with E-state index in [1.54, 1.807) is 0 Å². The van der Waals surface area contributed by atoms with Gasteiger partial charge < -0.3 is 4.90 Å². The first-order valence-corrected chi connectivity index (χ1v) is 7.44. The molecular formula is C12H16FNO2S. The molecule has 1 heterocycles. The first-order chi connectivity index (χ1) is 8.08. The molecule has 2 rings (SSSR count). The highest BCUT2D eigenvalue weighted by Crippen LogP contribution is 2.13. The van der Waals surface area contributed by atoms with Crippen LogP contribution in [0, 0.1) is 5.82 Å². The highest BCUT2D eigenvalue weighted by atomic mass is 32.2. The second kappa shape index (κ2) is 5.14. The van der Waals surface area contributed by atoms with Crippen molar-refractivity contribution in [1.82, 2.24) is 4.90 Å². The maximum Gasteiger partial charge on any atom is 0.179 e. The van der Waals surface area contributed by atoms with Crippen molar-refractivity contribution in [2.45, 2.75) is 17.7 Å². The Bertz CT molecular complexity index is 464. The fourth-order valence-electron chi connectivity index (χ4n) is 2.02. The topological polar surface area (TPSA) is 37.4 Å². The van der Waals surface area contributed by atoms with Crippen LogP contribution >= 0.6 is 0 Å². The Morgan fingerprint density at radius 2 is 1.71 bits per heavy atom. The van der Waals surface area contributed by atoms with E-state index >= 15 is 0 Å². The van der Waals surface area contributed by atoms with E-state index in [-0.39, 0.29) is 10.6 Å². The number of halogens is 1. The number of nitrogens with zero attached hydrogens (tertiary/aromatic N) is 1. The van der Waals surface area contributed by atoms with Gasteiger partial charge in [0.15, 0.2) is 9.84 Å². The molecule has 0 saturated carbocycles. The molecule has 1 aromatic carbocycles. The Morgan fingerprint density at radius 3 is 2.29 bits per heavy atom. The maximum absolute atomic E-state index is 12.7. The van der Waals surface area contributed by atoms with Gasteiger partial charge in [-0.15, -0.1) is 0 Å². The summed E-state index contributed by atoms with van der Waals surface area (Å²) in [6.07, 6.45) is 2.30. The van der Waals surface area contributed by atoms with E-state index < -0.39 is 15.7 Å². The second-order valence-electron chi connectivity index (χ2n) is 4.32. The van der Waals surface area contributed by atoms with Gasteiger partial charge in [0.25, 0.3) is 0 Å². The van der Waals surface area contributed by atoms with Gasteiger partial charge in [-0.3, -0.25) is 0 Å². The van der Waals surface area contributed by atoms with Gasteiger partial charge in [0.2, 0.25) is 0 Å². The largest absolute Gasteiger partial charge is 0.302 e. The molecule has 1 aromatic rings. The summed E-state index contributed by atoms with van der Waals surface area (Å²) in [6, 6.07) is 5.02. The lowest BCUT2D eigenvalue weighted by Gasteiger charge is -2.14. The molecule has 1 saturated heterocycles. The molecule has 17 heavy (non-hydrogen) atoms. The average molecular weight is 257 g/mol. The number of benzene rings is 1. The summed E-state index contributed by atoms with van der Waals surface area (Å²) in [5.74, 6) is -0.304. The third-order valence-electron chi connectivity index (χ3n) is 3.05. The predicted octanol–water partition coefficient (Wildman–Crippen LogP) is 1.70. The molecule has 0 atom stereocenters. The lowest BCUT2D eigenvalue weighted by atomic mass is 10.4. The number of hydrogen-bond acceptors (Lipinski definition) is 3. The molecule has 0 unspecified atom stereocenters. The monoisotopic (exact) mass is 257 g/mol. The van der Waals surface area contributed by atoms with Gasteiger partial charge in [-0.25, -0.2) is 12.8 Å². The van der Waals surface area contributed by atoms with Gasteiger partial charge >= 0.3 is 0 Å². The molecule has 0 aromatic heterocycles. The maximum atomic E-state index is 12.7. The van der Waals surface area contributed by atoms with Crippen molar-refractivity contribution < 1.29 is 12.8 Å². The molecule has 0 aliphatic carbocycles. The molecular weight excluding hydrogens is 241 g/mol. The van der Waals surface area contributed by atoms with Gasteiger partial charge in [-0.1, -0.05) is 0 Å². The van der Waals surface area contributed by atoms with Gasteiger partial charge in [0, 0.05) is 6.54 Å². The van der Waals surface area contributed by atoms with Crippen LogP contribution in [-0.2, 0) is 9.84 Å². The van der Waals surface area contributed by atoms with E-state index in [2.05, 4.69) is 4.90 Å². The van der Waals surface area contributed by atoms with Crippen LogP contribution in [0.2, 0.25) is 0 Å². The summed E-state index contributed by atoms with van der Waals surface area (Å²) in [7, 11) is -3.27. The van der Waals surface area contributed by atoms with Crippen LogP contribution in [0.4, 0.5) is 4.39 Å². The molecule has 0 N–H and O–H groups in total.